The molecule has 1 aromatic heterocycles. The van der Waals surface area contributed by atoms with Crippen LogP contribution in [-0.2, 0) is 4.79 Å². The molecule has 1 unspecified atom stereocenters. The summed E-state index contributed by atoms with van der Waals surface area (Å²) in [5.74, 6) is -0.176. The minimum Gasteiger partial charge on any atom is -0.480 e. The molecule has 4 nitrogen and oxygen atoms in total. The molecule has 0 aliphatic carbocycles. The third kappa shape index (κ3) is 2.26. The number of carbonyl (C=O) groups is 1. The Morgan fingerprint density at radius 3 is 2.41 bits per heavy atom. The van der Waals surface area contributed by atoms with E-state index in [4.69, 9.17) is 0 Å². The van der Waals surface area contributed by atoms with Crippen LogP contribution < -0.4 is 0 Å². The lowest BCUT2D eigenvalue weighted by atomic mass is 10.1. The smallest absolute Gasteiger partial charge is 0.326 e. The Balaban J connectivity index is 2.36. The number of hydrogen-bond donors (Lipinski definition) is 1. The fourth-order valence-corrected chi connectivity index (χ4v) is 2.64. The molecule has 0 aliphatic heterocycles. The molecule has 112 valence electrons. The molecule has 3 aromatic rings. The number of aliphatic carboxylic acids is 1. The minimum absolute atomic E-state index is 0.678. The summed E-state index contributed by atoms with van der Waals surface area (Å²) >= 11 is 0. The normalized spacial score (nSPS) is 12.5. The summed E-state index contributed by atoms with van der Waals surface area (Å²) in [6.45, 7) is 5.75. The van der Waals surface area contributed by atoms with Gasteiger partial charge in [0.1, 0.15) is 11.9 Å². The molecule has 1 heterocycles. The average Bonchev–Trinajstić information content (AvgIpc) is 2.86. The first-order chi connectivity index (χ1) is 10.5. The molecule has 0 radical (unpaired) electrons. The van der Waals surface area contributed by atoms with E-state index in [0.29, 0.717) is 5.82 Å². The molecule has 0 amide bonds. The second kappa shape index (κ2) is 5.30. The van der Waals surface area contributed by atoms with Crippen LogP contribution in [-0.4, -0.2) is 20.6 Å². The number of aryl methyl sites for hydroxylation is 2. The van der Waals surface area contributed by atoms with Crippen molar-refractivity contribution in [2.24, 2.45) is 0 Å². The van der Waals surface area contributed by atoms with Gasteiger partial charge in [-0.1, -0.05) is 30.3 Å². The van der Waals surface area contributed by atoms with Crippen LogP contribution in [0.5, 0.6) is 0 Å². The number of rotatable bonds is 3. The van der Waals surface area contributed by atoms with Crippen LogP contribution in [0.2, 0.25) is 0 Å². The number of hydrogen-bond acceptors (Lipinski definition) is 2. The highest BCUT2D eigenvalue weighted by atomic mass is 16.4. The van der Waals surface area contributed by atoms with Crippen LogP contribution in [0.25, 0.3) is 22.4 Å². The average molecular weight is 294 g/mol. The Morgan fingerprint density at radius 2 is 1.77 bits per heavy atom. The predicted octanol–water partition coefficient (Wildman–Crippen LogP) is 3.97. The van der Waals surface area contributed by atoms with Crippen molar-refractivity contribution in [3.05, 3.63) is 53.6 Å². The number of benzene rings is 2. The van der Waals surface area contributed by atoms with Crippen molar-refractivity contribution < 1.29 is 9.90 Å². The van der Waals surface area contributed by atoms with E-state index in [2.05, 4.69) is 4.98 Å². The van der Waals surface area contributed by atoms with Gasteiger partial charge in [0, 0.05) is 5.56 Å². The molecule has 4 heteroatoms. The molecule has 0 saturated carbocycles. The fourth-order valence-electron chi connectivity index (χ4n) is 2.64. The highest BCUT2D eigenvalue weighted by molar-refractivity contribution is 5.85. The monoisotopic (exact) mass is 294 g/mol. The summed E-state index contributed by atoms with van der Waals surface area (Å²) in [4.78, 5) is 16.2. The Hall–Kier alpha value is -2.62. The first-order valence-corrected chi connectivity index (χ1v) is 7.26. The summed E-state index contributed by atoms with van der Waals surface area (Å²) in [6, 6.07) is 13.1. The Labute approximate surface area is 129 Å². The number of nitrogens with zero attached hydrogens (tertiary/aromatic N) is 2. The Morgan fingerprint density at radius 1 is 1.14 bits per heavy atom. The Bertz CT molecular complexity index is 850. The zero-order chi connectivity index (χ0) is 15.9. The number of imidazole rings is 1. The van der Waals surface area contributed by atoms with E-state index in [-0.39, 0.29) is 0 Å². The van der Waals surface area contributed by atoms with Crippen molar-refractivity contribution in [1.29, 1.82) is 0 Å². The third-order valence-corrected chi connectivity index (χ3v) is 4.08. The van der Waals surface area contributed by atoms with E-state index >= 15 is 0 Å². The van der Waals surface area contributed by atoms with Gasteiger partial charge in [0.25, 0.3) is 0 Å². The second-order valence-corrected chi connectivity index (χ2v) is 5.61. The summed E-state index contributed by atoms with van der Waals surface area (Å²) in [7, 11) is 0. The molecule has 1 N–H and O–H groups in total. The van der Waals surface area contributed by atoms with Gasteiger partial charge < -0.3 is 9.67 Å². The van der Waals surface area contributed by atoms with Crippen LogP contribution in [0, 0.1) is 13.8 Å². The molecule has 2 aromatic carbocycles. The van der Waals surface area contributed by atoms with Crippen LogP contribution in [0.4, 0.5) is 0 Å². The van der Waals surface area contributed by atoms with Crippen molar-refractivity contribution in [2.75, 3.05) is 0 Å². The van der Waals surface area contributed by atoms with E-state index in [1.807, 2.05) is 56.3 Å². The van der Waals surface area contributed by atoms with Crippen LogP contribution in [0.3, 0.4) is 0 Å². The number of fused-ring (bicyclic) bond motifs is 1. The number of carboxylic acids is 1. The molecule has 0 bridgehead atoms. The molecular weight excluding hydrogens is 276 g/mol. The van der Waals surface area contributed by atoms with Gasteiger partial charge in [-0.05, 0) is 44.0 Å². The van der Waals surface area contributed by atoms with Crippen LogP contribution in [0.1, 0.15) is 24.1 Å². The predicted molar refractivity (Wildman–Crippen MR) is 87.0 cm³/mol. The van der Waals surface area contributed by atoms with Gasteiger partial charge in [-0.2, -0.15) is 0 Å². The van der Waals surface area contributed by atoms with E-state index in [1.54, 1.807) is 11.5 Å². The maximum absolute atomic E-state index is 11.5. The lowest BCUT2D eigenvalue weighted by molar-refractivity contribution is -0.140. The molecule has 0 fully saturated rings. The van der Waals surface area contributed by atoms with E-state index in [0.717, 1.165) is 27.7 Å². The van der Waals surface area contributed by atoms with Gasteiger partial charge in [-0.15, -0.1) is 0 Å². The third-order valence-electron chi connectivity index (χ3n) is 4.08. The summed E-state index contributed by atoms with van der Waals surface area (Å²) < 4.78 is 1.80. The molecule has 1 atom stereocenters. The molecule has 22 heavy (non-hydrogen) atoms. The first kappa shape index (κ1) is 14.3. The van der Waals surface area contributed by atoms with Gasteiger partial charge in [-0.3, -0.25) is 0 Å². The minimum atomic E-state index is -0.866. The summed E-state index contributed by atoms with van der Waals surface area (Å²) in [5.41, 5.74) is 4.89. The number of carboxylic acid groups (broad SMARTS) is 1. The standard InChI is InChI=1S/C18H18N2O2/c1-11-9-15-16(10-12(11)2)20(13(3)18(21)22)17(19-15)14-7-5-4-6-8-14/h4-10,13H,1-3H3,(H,21,22). The van der Waals surface area contributed by atoms with Crippen LogP contribution >= 0.6 is 0 Å². The molecule has 0 aliphatic rings. The quantitative estimate of drug-likeness (QED) is 0.795. The summed E-state index contributed by atoms with van der Waals surface area (Å²) in [6.07, 6.45) is 0. The zero-order valence-electron chi connectivity index (χ0n) is 12.9. The van der Waals surface area contributed by atoms with Gasteiger partial charge >= 0.3 is 5.97 Å². The van der Waals surface area contributed by atoms with Crippen molar-refractivity contribution in [2.45, 2.75) is 26.8 Å². The first-order valence-electron chi connectivity index (χ1n) is 7.26. The van der Waals surface area contributed by atoms with Gasteiger partial charge in [0.15, 0.2) is 0 Å². The molecule has 3 rings (SSSR count). The van der Waals surface area contributed by atoms with E-state index < -0.39 is 12.0 Å². The van der Waals surface area contributed by atoms with Crippen LogP contribution in [0.15, 0.2) is 42.5 Å². The van der Waals surface area contributed by atoms with Crippen molar-refractivity contribution in [3.8, 4) is 11.4 Å². The summed E-state index contributed by atoms with van der Waals surface area (Å²) in [5, 5.41) is 9.46. The largest absolute Gasteiger partial charge is 0.480 e. The second-order valence-electron chi connectivity index (χ2n) is 5.61. The number of aromatic nitrogens is 2. The molecule has 0 spiro atoms. The fraction of sp³-hybridized carbons (Fsp3) is 0.222. The van der Waals surface area contributed by atoms with Crippen molar-refractivity contribution in [3.63, 3.8) is 0 Å². The van der Waals surface area contributed by atoms with Gasteiger partial charge in [0.05, 0.1) is 11.0 Å². The Kier molecular flexibility index (Phi) is 3.45. The maximum Gasteiger partial charge on any atom is 0.326 e. The van der Waals surface area contributed by atoms with Crippen molar-refractivity contribution >= 4 is 17.0 Å². The lowest BCUT2D eigenvalue weighted by Gasteiger charge is -2.14. The SMILES string of the molecule is Cc1cc2nc(-c3ccccc3)n(C(C)C(=O)O)c2cc1C. The van der Waals surface area contributed by atoms with E-state index in [1.165, 1.54) is 0 Å². The topological polar surface area (TPSA) is 55.1 Å². The highest BCUT2D eigenvalue weighted by Crippen LogP contribution is 2.30. The van der Waals surface area contributed by atoms with Gasteiger partial charge in [0.2, 0.25) is 0 Å². The lowest BCUT2D eigenvalue weighted by Crippen LogP contribution is -2.16. The molecule has 0 saturated heterocycles. The van der Waals surface area contributed by atoms with Gasteiger partial charge in [-0.25, -0.2) is 9.78 Å². The van der Waals surface area contributed by atoms with Crippen molar-refractivity contribution in [1.82, 2.24) is 9.55 Å². The highest BCUT2D eigenvalue weighted by Gasteiger charge is 2.22. The zero-order valence-corrected chi connectivity index (χ0v) is 12.9. The maximum atomic E-state index is 11.5. The van der Waals surface area contributed by atoms with E-state index in [9.17, 15) is 9.90 Å². The molecular formula is C18H18N2O2.